The van der Waals surface area contributed by atoms with E-state index in [0.717, 1.165) is 22.1 Å². The van der Waals surface area contributed by atoms with Gasteiger partial charge in [0.15, 0.2) is 10.7 Å². The monoisotopic (exact) mass is 292 g/mol. The Morgan fingerprint density at radius 2 is 2.26 bits per heavy atom. The van der Waals surface area contributed by atoms with E-state index in [-0.39, 0.29) is 5.78 Å². The molecule has 3 heterocycles. The van der Waals surface area contributed by atoms with E-state index in [0.29, 0.717) is 18.7 Å². The molecule has 19 heavy (non-hydrogen) atoms. The van der Waals surface area contributed by atoms with Crippen LogP contribution in [0.3, 0.4) is 0 Å². The van der Waals surface area contributed by atoms with Crippen LogP contribution in [0.2, 0.25) is 0 Å². The summed E-state index contributed by atoms with van der Waals surface area (Å²) < 4.78 is 1.92. The average molecular weight is 292 g/mol. The Morgan fingerprint density at radius 1 is 1.37 bits per heavy atom. The second kappa shape index (κ2) is 5.20. The number of nitrogens with two attached hydrogens (primary N) is 1. The smallest absolute Gasteiger partial charge is 0.193 e. The van der Waals surface area contributed by atoms with E-state index in [1.54, 1.807) is 16.7 Å². The summed E-state index contributed by atoms with van der Waals surface area (Å²) in [5.74, 6) is 0.00488. The Bertz CT molecular complexity index is 684. The van der Waals surface area contributed by atoms with Crippen molar-refractivity contribution in [3.8, 4) is 0 Å². The van der Waals surface area contributed by atoms with E-state index in [4.69, 9.17) is 5.73 Å². The zero-order valence-corrected chi connectivity index (χ0v) is 11.7. The molecule has 3 rings (SSSR count). The van der Waals surface area contributed by atoms with E-state index >= 15 is 0 Å². The van der Waals surface area contributed by atoms with Crippen LogP contribution in [0.1, 0.15) is 21.2 Å². The van der Waals surface area contributed by atoms with Gasteiger partial charge in [-0.15, -0.1) is 22.7 Å². The van der Waals surface area contributed by atoms with E-state index in [1.807, 2.05) is 22.2 Å². The molecule has 3 aromatic rings. The normalized spacial score (nSPS) is 11.2. The number of hydrogen-bond donors (Lipinski definition) is 1. The van der Waals surface area contributed by atoms with Gasteiger partial charge in [0.2, 0.25) is 0 Å². The molecule has 0 saturated heterocycles. The minimum atomic E-state index is 0.00488. The summed E-state index contributed by atoms with van der Waals surface area (Å²) in [6.07, 6.45) is 4.83. The van der Waals surface area contributed by atoms with E-state index in [2.05, 4.69) is 9.97 Å². The molecule has 3 aromatic heterocycles. The Hall–Kier alpha value is -1.57. The van der Waals surface area contributed by atoms with Crippen molar-refractivity contribution >= 4 is 33.4 Å². The number of aromatic nitrogens is 3. The summed E-state index contributed by atoms with van der Waals surface area (Å²) in [4.78, 5) is 21.7. The highest BCUT2D eigenvalue weighted by molar-refractivity contribution is 7.15. The van der Waals surface area contributed by atoms with Crippen LogP contribution >= 0.6 is 22.7 Å². The molecular weight excluding hydrogens is 280 g/mol. The Balaban J connectivity index is 1.74. The van der Waals surface area contributed by atoms with Crippen LogP contribution < -0.4 is 5.73 Å². The molecule has 5 nitrogen and oxygen atoms in total. The third-order valence-electron chi connectivity index (χ3n) is 2.68. The molecule has 0 fully saturated rings. The first-order chi connectivity index (χ1) is 9.26. The summed E-state index contributed by atoms with van der Waals surface area (Å²) in [6.45, 7) is 0.554. The van der Waals surface area contributed by atoms with Gasteiger partial charge in [0.1, 0.15) is 5.69 Å². The van der Waals surface area contributed by atoms with Crippen molar-refractivity contribution in [2.24, 2.45) is 5.73 Å². The summed E-state index contributed by atoms with van der Waals surface area (Å²) in [6, 6.07) is 0. The van der Waals surface area contributed by atoms with Crippen molar-refractivity contribution in [2.75, 3.05) is 6.54 Å². The highest BCUT2D eigenvalue weighted by atomic mass is 32.1. The van der Waals surface area contributed by atoms with Crippen LogP contribution in [0.4, 0.5) is 0 Å². The van der Waals surface area contributed by atoms with Crippen molar-refractivity contribution in [2.45, 2.75) is 12.8 Å². The molecule has 0 aromatic carbocycles. The molecular formula is C12H12N4OS2. The van der Waals surface area contributed by atoms with Gasteiger partial charge in [-0.05, 0) is 6.54 Å². The van der Waals surface area contributed by atoms with E-state index in [9.17, 15) is 4.79 Å². The largest absolute Gasteiger partial charge is 0.330 e. The lowest BCUT2D eigenvalue weighted by Crippen LogP contribution is -2.06. The predicted octanol–water partition coefficient (Wildman–Crippen LogP) is 1.78. The molecule has 0 atom stereocenters. The standard InChI is InChI=1S/C12H12N4OS2/c13-2-1-11-15-9(7-19-11)10(17)5-8-6-16-3-4-18-12(16)14-8/h3-4,6-7H,1-2,5,13H2. The molecule has 7 heteroatoms. The van der Waals surface area contributed by atoms with Gasteiger partial charge in [0, 0.05) is 29.6 Å². The summed E-state index contributed by atoms with van der Waals surface area (Å²) in [5, 5.41) is 4.68. The molecule has 2 N–H and O–H groups in total. The maximum Gasteiger partial charge on any atom is 0.193 e. The maximum absolute atomic E-state index is 12.1. The molecule has 0 aliphatic carbocycles. The number of carbonyl (C=O) groups excluding carboxylic acids is 1. The molecule has 0 aliphatic heterocycles. The lowest BCUT2D eigenvalue weighted by Gasteiger charge is -1.93. The predicted molar refractivity (Wildman–Crippen MR) is 76.0 cm³/mol. The number of nitrogens with zero attached hydrogens (tertiary/aromatic N) is 3. The van der Waals surface area contributed by atoms with Gasteiger partial charge in [0.05, 0.1) is 17.1 Å². The minimum Gasteiger partial charge on any atom is -0.330 e. The second-order valence-electron chi connectivity index (χ2n) is 4.09. The van der Waals surface area contributed by atoms with Crippen LogP contribution in [-0.4, -0.2) is 26.7 Å². The first-order valence-electron chi connectivity index (χ1n) is 5.85. The summed E-state index contributed by atoms with van der Waals surface area (Å²) >= 11 is 3.04. The zero-order chi connectivity index (χ0) is 13.2. The third kappa shape index (κ3) is 2.58. The average Bonchev–Trinajstić information content (AvgIpc) is 3.03. The highest BCUT2D eigenvalue weighted by Gasteiger charge is 2.13. The lowest BCUT2D eigenvalue weighted by atomic mass is 10.2. The maximum atomic E-state index is 12.1. The molecule has 0 aliphatic rings. The fourth-order valence-corrected chi connectivity index (χ4v) is 3.33. The molecule has 0 unspecified atom stereocenters. The van der Waals surface area contributed by atoms with E-state index in [1.165, 1.54) is 11.3 Å². The van der Waals surface area contributed by atoms with E-state index < -0.39 is 0 Å². The lowest BCUT2D eigenvalue weighted by molar-refractivity contribution is 0.0988. The molecule has 98 valence electrons. The first kappa shape index (κ1) is 12.5. The van der Waals surface area contributed by atoms with Crippen molar-refractivity contribution < 1.29 is 4.79 Å². The number of rotatable bonds is 5. The number of carbonyl (C=O) groups is 1. The van der Waals surface area contributed by atoms with Gasteiger partial charge in [-0.25, -0.2) is 9.97 Å². The number of hydrogen-bond acceptors (Lipinski definition) is 6. The summed E-state index contributed by atoms with van der Waals surface area (Å²) in [5.41, 5.74) is 6.77. The molecule has 0 spiro atoms. The third-order valence-corrected chi connectivity index (χ3v) is 4.36. The molecule has 0 radical (unpaired) electrons. The van der Waals surface area contributed by atoms with Gasteiger partial charge in [0.25, 0.3) is 0 Å². The van der Waals surface area contributed by atoms with Gasteiger partial charge in [-0.2, -0.15) is 0 Å². The Morgan fingerprint density at radius 3 is 3.05 bits per heavy atom. The zero-order valence-electron chi connectivity index (χ0n) is 10.1. The summed E-state index contributed by atoms with van der Waals surface area (Å²) in [7, 11) is 0. The molecule has 0 bridgehead atoms. The minimum absolute atomic E-state index is 0.00488. The topological polar surface area (TPSA) is 73.3 Å². The molecule has 0 saturated carbocycles. The Kier molecular flexibility index (Phi) is 3.41. The fourth-order valence-electron chi connectivity index (χ4n) is 1.79. The van der Waals surface area contributed by atoms with Crippen LogP contribution in [-0.2, 0) is 12.8 Å². The van der Waals surface area contributed by atoms with Crippen molar-refractivity contribution in [3.05, 3.63) is 39.5 Å². The highest BCUT2D eigenvalue weighted by Crippen LogP contribution is 2.15. The van der Waals surface area contributed by atoms with Gasteiger partial charge in [-0.1, -0.05) is 0 Å². The number of fused-ring (bicyclic) bond motifs is 1. The van der Waals surface area contributed by atoms with Crippen LogP contribution in [0.25, 0.3) is 4.96 Å². The van der Waals surface area contributed by atoms with Crippen LogP contribution in [0.5, 0.6) is 0 Å². The quantitative estimate of drug-likeness (QED) is 0.727. The fraction of sp³-hybridized carbons (Fsp3) is 0.250. The number of imidazole rings is 1. The molecule has 0 amide bonds. The van der Waals surface area contributed by atoms with Crippen molar-refractivity contribution in [3.63, 3.8) is 0 Å². The van der Waals surface area contributed by atoms with Crippen LogP contribution in [0.15, 0.2) is 23.2 Å². The van der Waals surface area contributed by atoms with Crippen molar-refractivity contribution in [1.29, 1.82) is 0 Å². The van der Waals surface area contributed by atoms with Crippen LogP contribution in [0, 0.1) is 0 Å². The second-order valence-corrected chi connectivity index (χ2v) is 5.91. The number of Topliss-reactive ketones (excluding diaryl/α,β-unsaturated/α-hetero) is 1. The number of thiazole rings is 2. The first-order valence-corrected chi connectivity index (χ1v) is 7.61. The van der Waals surface area contributed by atoms with Crippen molar-refractivity contribution in [1.82, 2.24) is 14.4 Å². The van der Waals surface area contributed by atoms with Gasteiger partial charge < -0.3 is 5.73 Å². The number of ketones is 1. The van der Waals surface area contributed by atoms with Gasteiger partial charge in [-0.3, -0.25) is 9.20 Å². The SMILES string of the molecule is NCCc1nc(C(=O)Cc2cn3ccsc3n2)cs1. The van der Waals surface area contributed by atoms with Gasteiger partial charge >= 0.3 is 0 Å². The Labute approximate surface area is 117 Å².